The molecule has 1 aliphatic carbocycles. The molecule has 2 rings (SSSR count). The molecule has 0 radical (unpaired) electrons. The Balaban J connectivity index is 2.27. The molecule has 0 saturated heterocycles. The van der Waals surface area contributed by atoms with E-state index in [9.17, 15) is 0 Å². The van der Waals surface area contributed by atoms with Crippen LogP contribution in [0, 0.1) is 5.92 Å². The molecule has 0 heterocycles. The predicted octanol–water partition coefficient (Wildman–Crippen LogP) is 4.07. The second-order valence-corrected chi connectivity index (χ2v) is 5.53. The van der Waals surface area contributed by atoms with Crippen molar-refractivity contribution in [2.45, 2.75) is 31.9 Å². The van der Waals surface area contributed by atoms with Gasteiger partial charge in [0.25, 0.3) is 0 Å². The molecule has 2 unspecified atom stereocenters. The number of hydrogen-bond acceptors (Lipinski definition) is 2. The third kappa shape index (κ3) is 3.18. The Morgan fingerprint density at radius 3 is 2.67 bits per heavy atom. The summed E-state index contributed by atoms with van der Waals surface area (Å²) in [6.07, 6.45) is 2.65. The van der Waals surface area contributed by atoms with Gasteiger partial charge in [0.15, 0.2) is 0 Å². The van der Waals surface area contributed by atoms with Crippen molar-refractivity contribution in [3.63, 3.8) is 0 Å². The average molecular weight is 288 g/mol. The number of halogens is 2. The number of nitrogens with one attached hydrogen (secondary N) is 1. The van der Waals surface area contributed by atoms with Gasteiger partial charge in [0, 0.05) is 16.7 Å². The van der Waals surface area contributed by atoms with Gasteiger partial charge in [-0.3, -0.25) is 0 Å². The lowest BCUT2D eigenvalue weighted by Crippen LogP contribution is -2.33. The van der Waals surface area contributed by atoms with Gasteiger partial charge in [0.2, 0.25) is 0 Å². The van der Waals surface area contributed by atoms with E-state index in [1.807, 2.05) is 32.2 Å². The SMILES string of the molecule is CCOC(C1CC1)C(NC)c1cc(Cl)ccc1Cl. The zero-order valence-electron chi connectivity index (χ0n) is 10.7. The fourth-order valence-electron chi connectivity index (χ4n) is 2.37. The van der Waals surface area contributed by atoms with Crippen molar-refractivity contribution in [2.75, 3.05) is 13.7 Å². The highest BCUT2D eigenvalue weighted by Crippen LogP contribution is 2.41. The summed E-state index contributed by atoms with van der Waals surface area (Å²) < 4.78 is 5.90. The van der Waals surface area contributed by atoms with Gasteiger partial charge in [-0.15, -0.1) is 0 Å². The number of benzene rings is 1. The summed E-state index contributed by atoms with van der Waals surface area (Å²) in [5.41, 5.74) is 1.03. The van der Waals surface area contributed by atoms with Gasteiger partial charge < -0.3 is 10.1 Å². The second kappa shape index (κ2) is 6.25. The molecule has 1 saturated carbocycles. The van der Waals surface area contributed by atoms with Crippen molar-refractivity contribution in [2.24, 2.45) is 5.92 Å². The van der Waals surface area contributed by atoms with Crippen molar-refractivity contribution in [1.29, 1.82) is 0 Å². The Kier molecular flexibility index (Phi) is 4.91. The third-order valence-electron chi connectivity index (χ3n) is 3.38. The van der Waals surface area contributed by atoms with Crippen molar-refractivity contribution < 1.29 is 4.74 Å². The van der Waals surface area contributed by atoms with Crippen LogP contribution in [0.15, 0.2) is 18.2 Å². The first-order valence-corrected chi connectivity index (χ1v) is 7.16. The molecule has 1 fully saturated rings. The van der Waals surface area contributed by atoms with Crippen LogP contribution < -0.4 is 5.32 Å². The molecule has 1 N–H and O–H groups in total. The van der Waals surface area contributed by atoms with E-state index in [-0.39, 0.29) is 12.1 Å². The first kappa shape index (κ1) is 14.1. The number of ether oxygens (including phenoxy) is 1. The Bertz CT molecular complexity index is 407. The fraction of sp³-hybridized carbons (Fsp3) is 0.571. The van der Waals surface area contributed by atoms with Gasteiger partial charge in [-0.05, 0) is 56.5 Å². The van der Waals surface area contributed by atoms with Crippen molar-refractivity contribution >= 4 is 23.2 Å². The van der Waals surface area contributed by atoms with Crippen LogP contribution >= 0.6 is 23.2 Å². The van der Waals surface area contributed by atoms with Crippen LogP contribution in [0.5, 0.6) is 0 Å². The highest BCUT2D eigenvalue weighted by atomic mass is 35.5. The van der Waals surface area contributed by atoms with Gasteiger partial charge in [0.1, 0.15) is 0 Å². The molecular formula is C14H19Cl2NO. The molecule has 1 aromatic carbocycles. The molecule has 2 nitrogen and oxygen atoms in total. The van der Waals surface area contributed by atoms with E-state index in [4.69, 9.17) is 27.9 Å². The Morgan fingerprint density at radius 2 is 2.11 bits per heavy atom. The number of likely N-dealkylation sites (N-methyl/N-ethyl adjacent to an activating group) is 1. The molecule has 0 bridgehead atoms. The van der Waals surface area contributed by atoms with Crippen LogP contribution in [0.25, 0.3) is 0 Å². The van der Waals surface area contributed by atoms with Gasteiger partial charge in [-0.1, -0.05) is 23.2 Å². The van der Waals surface area contributed by atoms with Gasteiger partial charge in [-0.25, -0.2) is 0 Å². The molecule has 0 aromatic heterocycles. The summed E-state index contributed by atoms with van der Waals surface area (Å²) >= 11 is 12.4. The van der Waals surface area contributed by atoms with E-state index in [0.29, 0.717) is 10.9 Å². The van der Waals surface area contributed by atoms with Gasteiger partial charge >= 0.3 is 0 Å². The van der Waals surface area contributed by atoms with E-state index in [1.165, 1.54) is 12.8 Å². The monoisotopic (exact) mass is 287 g/mol. The van der Waals surface area contributed by atoms with Crippen LogP contribution in [0.4, 0.5) is 0 Å². The van der Waals surface area contributed by atoms with E-state index in [2.05, 4.69) is 5.32 Å². The zero-order chi connectivity index (χ0) is 13.1. The van der Waals surface area contributed by atoms with Crippen LogP contribution in [0.3, 0.4) is 0 Å². The van der Waals surface area contributed by atoms with Crippen LogP contribution in [-0.4, -0.2) is 19.8 Å². The van der Waals surface area contributed by atoms with Crippen LogP contribution in [-0.2, 0) is 4.74 Å². The maximum absolute atomic E-state index is 6.28. The maximum Gasteiger partial charge on any atom is 0.0798 e. The molecule has 1 aromatic rings. The van der Waals surface area contributed by atoms with Gasteiger partial charge in [-0.2, -0.15) is 0 Å². The first-order chi connectivity index (χ1) is 8.67. The lowest BCUT2D eigenvalue weighted by atomic mass is 9.98. The Labute approximate surface area is 119 Å². The normalized spacial score (nSPS) is 18.7. The Morgan fingerprint density at radius 1 is 1.39 bits per heavy atom. The lowest BCUT2D eigenvalue weighted by molar-refractivity contribution is 0.0205. The molecule has 0 aliphatic heterocycles. The van der Waals surface area contributed by atoms with E-state index in [0.717, 1.165) is 17.2 Å². The zero-order valence-corrected chi connectivity index (χ0v) is 12.3. The highest BCUT2D eigenvalue weighted by molar-refractivity contribution is 6.33. The van der Waals surface area contributed by atoms with Crippen LogP contribution in [0.1, 0.15) is 31.4 Å². The molecule has 0 amide bonds. The summed E-state index contributed by atoms with van der Waals surface area (Å²) in [5, 5.41) is 4.77. The summed E-state index contributed by atoms with van der Waals surface area (Å²) in [7, 11) is 1.94. The fourth-order valence-corrected chi connectivity index (χ4v) is 2.79. The molecule has 4 heteroatoms. The second-order valence-electron chi connectivity index (χ2n) is 4.69. The molecule has 2 atom stereocenters. The molecular weight excluding hydrogens is 269 g/mol. The molecule has 0 spiro atoms. The summed E-state index contributed by atoms with van der Waals surface area (Å²) in [5.74, 6) is 0.637. The van der Waals surface area contributed by atoms with E-state index < -0.39 is 0 Å². The third-order valence-corrected chi connectivity index (χ3v) is 3.96. The molecule has 1 aliphatic rings. The Hall–Kier alpha value is -0.280. The topological polar surface area (TPSA) is 21.3 Å². The minimum atomic E-state index is 0.101. The van der Waals surface area contributed by atoms with E-state index >= 15 is 0 Å². The van der Waals surface area contributed by atoms with Crippen molar-refractivity contribution in [3.8, 4) is 0 Å². The molecule has 100 valence electrons. The predicted molar refractivity (Wildman–Crippen MR) is 76.4 cm³/mol. The number of rotatable bonds is 6. The standard InChI is InChI=1S/C14H19Cl2NO/c1-3-18-14(9-4-5-9)13(17-2)11-8-10(15)6-7-12(11)16/h6-9,13-14,17H,3-5H2,1-2H3. The first-order valence-electron chi connectivity index (χ1n) is 6.41. The maximum atomic E-state index is 6.28. The average Bonchev–Trinajstić information content (AvgIpc) is 3.17. The van der Waals surface area contributed by atoms with Gasteiger partial charge in [0.05, 0.1) is 12.1 Å². The smallest absolute Gasteiger partial charge is 0.0798 e. The summed E-state index contributed by atoms with van der Waals surface area (Å²) in [6, 6.07) is 5.69. The minimum absolute atomic E-state index is 0.101. The summed E-state index contributed by atoms with van der Waals surface area (Å²) in [6.45, 7) is 2.75. The summed E-state index contributed by atoms with van der Waals surface area (Å²) in [4.78, 5) is 0. The highest BCUT2D eigenvalue weighted by Gasteiger charge is 2.38. The number of hydrogen-bond donors (Lipinski definition) is 1. The van der Waals surface area contributed by atoms with Crippen molar-refractivity contribution in [1.82, 2.24) is 5.32 Å². The van der Waals surface area contributed by atoms with Crippen molar-refractivity contribution in [3.05, 3.63) is 33.8 Å². The molecule has 18 heavy (non-hydrogen) atoms. The quantitative estimate of drug-likeness (QED) is 0.852. The largest absolute Gasteiger partial charge is 0.376 e. The minimum Gasteiger partial charge on any atom is -0.376 e. The van der Waals surface area contributed by atoms with Crippen LogP contribution in [0.2, 0.25) is 10.0 Å². The lowest BCUT2D eigenvalue weighted by Gasteiger charge is -2.28. The van der Waals surface area contributed by atoms with E-state index in [1.54, 1.807) is 0 Å².